The Hall–Kier alpha value is -3.37. The molecule has 0 bridgehead atoms. The van der Waals surface area contributed by atoms with Gasteiger partial charge in [-0.25, -0.2) is 17.8 Å². The molecule has 0 saturated heterocycles. The van der Waals surface area contributed by atoms with Gasteiger partial charge in [0.1, 0.15) is 11.6 Å². The highest BCUT2D eigenvalue weighted by Crippen LogP contribution is 2.32. The molecule has 1 atom stereocenters. The number of ether oxygens (including phenoxy) is 1. The van der Waals surface area contributed by atoms with Gasteiger partial charge in [0.25, 0.3) is 0 Å². The van der Waals surface area contributed by atoms with Crippen molar-refractivity contribution in [3.05, 3.63) is 71.7 Å². The van der Waals surface area contributed by atoms with Crippen LogP contribution in [0.2, 0.25) is 0 Å². The van der Waals surface area contributed by atoms with Gasteiger partial charge in [-0.1, -0.05) is 30.3 Å². The van der Waals surface area contributed by atoms with E-state index in [4.69, 9.17) is 0 Å². The minimum absolute atomic E-state index is 0.0109. The zero-order chi connectivity index (χ0) is 27.2. The van der Waals surface area contributed by atoms with Crippen molar-refractivity contribution in [2.45, 2.75) is 62.6 Å². The van der Waals surface area contributed by atoms with Crippen molar-refractivity contribution in [3.63, 3.8) is 0 Å². The predicted octanol–water partition coefficient (Wildman–Crippen LogP) is 4.06. The number of benzene rings is 2. The number of halogens is 1. The van der Waals surface area contributed by atoms with E-state index in [2.05, 4.69) is 9.72 Å². The molecular weight excluding hydrogens is 499 g/mol. The summed E-state index contributed by atoms with van der Waals surface area (Å²) in [5.74, 6) is -1.62. The first-order valence-corrected chi connectivity index (χ1v) is 13.6. The van der Waals surface area contributed by atoms with Gasteiger partial charge < -0.3 is 14.4 Å². The number of imidazole rings is 1. The van der Waals surface area contributed by atoms with Crippen molar-refractivity contribution in [1.82, 2.24) is 9.55 Å². The number of sulfone groups is 1. The van der Waals surface area contributed by atoms with Crippen LogP contribution in [0, 0.1) is 5.82 Å². The SMILES string of the molecule is COC(=O)C[C@H](O)CC(=O)CCc1c(-c2ccc(F)cc2)nc(S(=O)(=O)Cc2ccccc2)n1C(C)C. The summed E-state index contributed by atoms with van der Waals surface area (Å²) in [5.41, 5.74) is 2.00. The van der Waals surface area contributed by atoms with E-state index in [0.717, 1.165) is 0 Å². The van der Waals surface area contributed by atoms with Gasteiger partial charge in [0, 0.05) is 30.1 Å². The zero-order valence-electron chi connectivity index (χ0n) is 21.1. The van der Waals surface area contributed by atoms with Gasteiger partial charge in [-0.05, 0) is 50.1 Å². The van der Waals surface area contributed by atoms with E-state index in [9.17, 15) is 27.5 Å². The van der Waals surface area contributed by atoms with Gasteiger partial charge in [-0.2, -0.15) is 0 Å². The van der Waals surface area contributed by atoms with Crippen molar-refractivity contribution in [1.29, 1.82) is 0 Å². The Kier molecular flexibility index (Phi) is 9.34. The lowest BCUT2D eigenvalue weighted by atomic mass is 10.0. The summed E-state index contributed by atoms with van der Waals surface area (Å²) in [6.45, 7) is 3.65. The van der Waals surface area contributed by atoms with Crippen molar-refractivity contribution < 1.29 is 32.2 Å². The number of methoxy groups -OCH3 is 1. The summed E-state index contributed by atoms with van der Waals surface area (Å²) in [5, 5.41) is 9.89. The quantitative estimate of drug-likeness (QED) is 0.351. The molecule has 0 aliphatic rings. The van der Waals surface area contributed by atoms with Crippen LogP contribution in [0.15, 0.2) is 59.8 Å². The minimum Gasteiger partial charge on any atom is -0.469 e. The Morgan fingerprint density at radius 1 is 1.05 bits per heavy atom. The smallest absolute Gasteiger partial charge is 0.308 e. The first kappa shape index (κ1) is 28.2. The molecule has 0 spiro atoms. The van der Waals surface area contributed by atoms with Crippen LogP contribution in [-0.2, 0) is 36.3 Å². The molecule has 0 aliphatic heterocycles. The summed E-state index contributed by atoms with van der Waals surface area (Å²) in [6.07, 6.45) is -1.58. The topological polar surface area (TPSA) is 116 Å². The largest absolute Gasteiger partial charge is 0.469 e. The lowest BCUT2D eigenvalue weighted by molar-refractivity contribution is -0.143. The van der Waals surface area contributed by atoms with Gasteiger partial charge in [0.15, 0.2) is 0 Å². The Morgan fingerprint density at radius 2 is 1.70 bits per heavy atom. The van der Waals surface area contributed by atoms with Gasteiger partial charge in [-0.15, -0.1) is 0 Å². The van der Waals surface area contributed by atoms with Crippen LogP contribution in [0.3, 0.4) is 0 Å². The fourth-order valence-electron chi connectivity index (χ4n) is 4.10. The molecule has 0 amide bonds. The molecule has 1 aromatic heterocycles. The molecule has 0 aliphatic carbocycles. The van der Waals surface area contributed by atoms with Crippen molar-refractivity contribution >= 4 is 21.6 Å². The van der Waals surface area contributed by atoms with Crippen molar-refractivity contribution in [2.24, 2.45) is 0 Å². The number of aromatic nitrogens is 2. The summed E-state index contributed by atoms with van der Waals surface area (Å²) in [7, 11) is -2.68. The van der Waals surface area contributed by atoms with E-state index >= 15 is 0 Å². The number of rotatable bonds is 12. The number of hydrogen-bond acceptors (Lipinski definition) is 7. The number of hydrogen-bond donors (Lipinski definition) is 1. The number of carbonyl (C=O) groups is 2. The molecular formula is C27H31FN2O6S. The van der Waals surface area contributed by atoms with E-state index in [-0.39, 0.29) is 48.4 Å². The second-order valence-electron chi connectivity index (χ2n) is 9.08. The predicted molar refractivity (Wildman–Crippen MR) is 136 cm³/mol. The molecule has 2 aromatic carbocycles. The lowest BCUT2D eigenvalue weighted by Gasteiger charge is -2.17. The first-order valence-electron chi connectivity index (χ1n) is 11.9. The average Bonchev–Trinajstić information content (AvgIpc) is 3.24. The Balaban J connectivity index is 1.99. The monoisotopic (exact) mass is 530 g/mol. The Labute approximate surface area is 216 Å². The Morgan fingerprint density at radius 3 is 2.30 bits per heavy atom. The van der Waals surface area contributed by atoms with Crippen molar-refractivity contribution in [3.8, 4) is 11.3 Å². The minimum atomic E-state index is -3.88. The number of esters is 1. The standard InChI is InChI=1S/C27H31FN2O6S/c1-18(2)30-24(14-13-22(31)15-23(32)16-25(33)36-3)26(20-9-11-21(28)12-10-20)29-27(30)37(34,35)17-19-7-5-4-6-8-19/h4-12,18,23,32H,13-17H2,1-3H3/t23-/m1/s1. The maximum Gasteiger partial charge on any atom is 0.308 e. The fourth-order valence-corrected chi connectivity index (χ4v) is 5.71. The molecule has 0 saturated carbocycles. The number of nitrogens with zero attached hydrogens (tertiary/aromatic N) is 2. The Bertz CT molecular complexity index is 1340. The van der Waals surface area contributed by atoms with Gasteiger partial charge in [-0.3, -0.25) is 9.59 Å². The van der Waals surface area contributed by atoms with Gasteiger partial charge in [0.2, 0.25) is 15.0 Å². The van der Waals surface area contributed by atoms with E-state index in [1.807, 2.05) is 13.8 Å². The normalized spacial score (nSPS) is 12.5. The second-order valence-corrected chi connectivity index (χ2v) is 11.0. The third-order valence-electron chi connectivity index (χ3n) is 5.82. The number of Topliss-reactive ketones (excluding diaryl/α,β-unsaturated/α-hetero) is 1. The third-order valence-corrected chi connectivity index (χ3v) is 7.38. The molecule has 3 aromatic rings. The molecule has 198 valence electrons. The number of carbonyl (C=O) groups excluding carboxylic acids is 2. The summed E-state index contributed by atoms with van der Waals surface area (Å²) in [6, 6.07) is 14.0. The molecule has 37 heavy (non-hydrogen) atoms. The van der Waals surface area contributed by atoms with Crippen LogP contribution < -0.4 is 0 Å². The van der Waals surface area contributed by atoms with Crippen LogP contribution >= 0.6 is 0 Å². The molecule has 8 nitrogen and oxygen atoms in total. The third kappa shape index (κ3) is 7.33. The molecule has 0 radical (unpaired) electrons. The van der Waals surface area contributed by atoms with E-state index < -0.39 is 27.7 Å². The summed E-state index contributed by atoms with van der Waals surface area (Å²) in [4.78, 5) is 28.5. The van der Waals surface area contributed by atoms with E-state index in [1.54, 1.807) is 34.9 Å². The highest BCUT2D eigenvalue weighted by molar-refractivity contribution is 7.90. The molecule has 0 fully saturated rings. The van der Waals surface area contributed by atoms with Gasteiger partial charge >= 0.3 is 5.97 Å². The highest BCUT2D eigenvalue weighted by Gasteiger charge is 2.29. The number of aliphatic hydroxyl groups is 1. The molecule has 3 rings (SSSR count). The first-order chi connectivity index (χ1) is 17.5. The molecule has 1 heterocycles. The van der Waals surface area contributed by atoms with Crippen LogP contribution in [0.4, 0.5) is 4.39 Å². The van der Waals surface area contributed by atoms with Crippen LogP contribution in [0.5, 0.6) is 0 Å². The summed E-state index contributed by atoms with van der Waals surface area (Å²) >= 11 is 0. The molecule has 0 unspecified atom stereocenters. The maximum absolute atomic E-state index is 13.6. The number of aliphatic hydroxyl groups excluding tert-OH is 1. The van der Waals surface area contributed by atoms with Crippen molar-refractivity contribution in [2.75, 3.05) is 7.11 Å². The van der Waals surface area contributed by atoms with Gasteiger partial charge in [0.05, 0.1) is 31.1 Å². The van der Waals surface area contributed by atoms with Crippen LogP contribution in [0.25, 0.3) is 11.3 Å². The molecule has 10 heteroatoms. The molecule has 1 N–H and O–H groups in total. The maximum atomic E-state index is 13.6. The second kappa shape index (κ2) is 12.2. The fraction of sp³-hybridized carbons (Fsp3) is 0.370. The average molecular weight is 531 g/mol. The summed E-state index contributed by atoms with van der Waals surface area (Å²) < 4.78 is 46.8. The van der Waals surface area contributed by atoms with Crippen LogP contribution in [0.1, 0.15) is 50.4 Å². The number of ketones is 1. The highest BCUT2D eigenvalue weighted by atomic mass is 32.2. The zero-order valence-corrected chi connectivity index (χ0v) is 21.9. The lowest BCUT2D eigenvalue weighted by Crippen LogP contribution is -2.20. The van der Waals surface area contributed by atoms with E-state index in [1.165, 1.54) is 31.4 Å². The van der Waals surface area contributed by atoms with E-state index in [0.29, 0.717) is 22.5 Å². The van der Waals surface area contributed by atoms with Crippen LogP contribution in [-0.4, -0.2) is 48.0 Å².